The molecule has 3 aromatic rings. The molecule has 0 bridgehead atoms. The van der Waals surface area contributed by atoms with Gasteiger partial charge in [0.25, 0.3) is 0 Å². The number of aromatic nitrogens is 2. The Hall–Kier alpha value is -2.86. The number of rotatable bonds is 8. The molecular weight excluding hydrogens is 378 g/mol. The second-order valence-electron chi connectivity index (χ2n) is 7.81. The fraction of sp³-hybridized carbons (Fsp3) is 0.417. The van der Waals surface area contributed by atoms with E-state index in [1.54, 1.807) is 12.4 Å². The van der Waals surface area contributed by atoms with Crippen LogP contribution in [-0.2, 0) is 17.8 Å². The molecule has 0 spiro atoms. The molecule has 0 fully saturated rings. The highest BCUT2D eigenvalue weighted by atomic mass is 16.5. The summed E-state index contributed by atoms with van der Waals surface area (Å²) in [5, 5.41) is 12.1. The number of aryl methyl sites for hydroxylation is 1. The maximum absolute atomic E-state index is 12.9. The standard InChI is InChI=1S/C24H31N3O3/c1-6-8-13-27-16(3)21(24(29)30-7-2)22-19(15-26(4)5)23(28)18(14-20(22)27)17-9-11-25-12-10-17/h9-12,14,28H,6-8,13,15H2,1-5H3. The van der Waals surface area contributed by atoms with Crippen LogP contribution >= 0.6 is 0 Å². The average Bonchev–Trinajstić information content (AvgIpc) is 3.00. The second-order valence-corrected chi connectivity index (χ2v) is 7.81. The summed E-state index contributed by atoms with van der Waals surface area (Å²) < 4.78 is 7.58. The van der Waals surface area contributed by atoms with Crippen molar-refractivity contribution in [1.29, 1.82) is 0 Å². The summed E-state index contributed by atoms with van der Waals surface area (Å²) in [6, 6.07) is 5.77. The summed E-state index contributed by atoms with van der Waals surface area (Å²) in [5.41, 5.74) is 4.76. The molecule has 0 unspecified atom stereocenters. The van der Waals surface area contributed by atoms with Crippen LogP contribution in [0.25, 0.3) is 22.0 Å². The molecule has 3 rings (SSSR count). The van der Waals surface area contributed by atoms with Crippen molar-refractivity contribution in [2.24, 2.45) is 0 Å². The number of carbonyl (C=O) groups is 1. The van der Waals surface area contributed by atoms with Crippen LogP contribution in [0, 0.1) is 6.92 Å². The molecule has 2 aromatic heterocycles. The molecule has 6 nitrogen and oxygen atoms in total. The third-order valence-corrected chi connectivity index (χ3v) is 5.37. The van der Waals surface area contributed by atoms with Crippen molar-refractivity contribution < 1.29 is 14.6 Å². The number of nitrogens with zero attached hydrogens (tertiary/aromatic N) is 3. The molecule has 0 amide bonds. The molecule has 30 heavy (non-hydrogen) atoms. The van der Waals surface area contributed by atoms with Gasteiger partial charge in [-0.05, 0) is 58.1 Å². The SMILES string of the molecule is CCCCn1c(C)c(C(=O)OCC)c2c(CN(C)C)c(O)c(-c3ccncc3)cc21. The van der Waals surface area contributed by atoms with E-state index in [4.69, 9.17) is 4.74 Å². The van der Waals surface area contributed by atoms with Crippen molar-refractivity contribution in [3.63, 3.8) is 0 Å². The fourth-order valence-corrected chi connectivity index (χ4v) is 3.98. The predicted molar refractivity (Wildman–Crippen MR) is 120 cm³/mol. The molecule has 0 saturated carbocycles. The first-order valence-corrected chi connectivity index (χ1v) is 10.5. The third-order valence-electron chi connectivity index (χ3n) is 5.37. The van der Waals surface area contributed by atoms with Crippen molar-refractivity contribution in [3.05, 3.63) is 47.4 Å². The van der Waals surface area contributed by atoms with E-state index in [1.165, 1.54) is 0 Å². The van der Waals surface area contributed by atoms with E-state index in [0.29, 0.717) is 18.7 Å². The number of benzene rings is 1. The maximum atomic E-state index is 12.9. The fourth-order valence-electron chi connectivity index (χ4n) is 3.98. The lowest BCUT2D eigenvalue weighted by Crippen LogP contribution is -2.13. The minimum absolute atomic E-state index is 0.195. The Bertz CT molecular complexity index is 1040. The van der Waals surface area contributed by atoms with E-state index in [9.17, 15) is 9.90 Å². The number of hydrogen-bond donors (Lipinski definition) is 1. The number of hydrogen-bond acceptors (Lipinski definition) is 5. The molecule has 0 aliphatic heterocycles. The van der Waals surface area contributed by atoms with Gasteiger partial charge in [-0.2, -0.15) is 0 Å². The van der Waals surface area contributed by atoms with Crippen molar-refractivity contribution in [3.8, 4) is 16.9 Å². The first kappa shape index (κ1) is 21.8. The number of aromatic hydroxyl groups is 1. The van der Waals surface area contributed by atoms with Gasteiger partial charge in [0.15, 0.2) is 0 Å². The maximum Gasteiger partial charge on any atom is 0.340 e. The van der Waals surface area contributed by atoms with Crippen LogP contribution in [0.3, 0.4) is 0 Å². The van der Waals surface area contributed by atoms with Crippen molar-refractivity contribution in [2.75, 3.05) is 20.7 Å². The quantitative estimate of drug-likeness (QED) is 0.544. The van der Waals surface area contributed by atoms with Crippen molar-refractivity contribution in [2.45, 2.75) is 46.7 Å². The Morgan fingerprint density at radius 2 is 1.93 bits per heavy atom. The van der Waals surface area contributed by atoms with Crippen molar-refractivity contribution >= 4 is 16.9 Å². The molecule has 2 heterocycles. The van der Waals surface area contributed by atoms with Crippen LogP contribution < -0.4 is 0 Å². The largest absolute Gasteiger partial charge is 0.507 e. The molecule has 1 aromatic carbocycles. The van der Waals surface area contributed by atoms with E-state index in [1.807, 2.05) is 51.0 Å². The van der Waals surface area contributed by atoms with Gasteiger partial charge in [-0.1, -0.05) is 13.3 Å². The summed E-state index contributed by atoms with van der Waals surface area (Å²) in [4.78, 5) is 19.0. The van der Waals surface area contributed by atoms with Gasteiger partial charge < -0.3 is 19.3 Å². The number of pyridine rings is 1. The molecular formula is C24H31N3O3. The van der Waals surface area contributed by atoms with Crippen molar-refractivity contribution in [1.82, 2.24) is 14.5 Å². The van der Waals surface area contributed by atoms with Gasteiger partial charge in [-0.3, -0.25) is 4.98 Å². The van der Waals surface area contributed by atoms with E-state index >= 15 is 0 Å². The van der Waals surface area contributed by atoms with E-state index < -0.39 is 0 Å². The summed E-state index contributed by atoms with van der Waals surface area (Å²) in [5.74, 6) is -0.146. The Kier molecular flexibility index (Phi) is 6.77. The minimum Gasteiger partial charge on any atom is -0.507 e. The number of unbranched alkanes of at least 4 members (excludes halogenated alkanes) is 1. The van der Waals surface area contributed by atoms with Crippen LogP contribution in [0.15, 0.2) is 30.6 Å². The number of ether oxygens (including phenoxy) is 1. The molecule has 0 aliphatic carbocycles. The number of fused-ring (bicyclic) bond motifs is 1. The van der Waals surface area contributed by atoms with Crippen LogP contribution in [0.1, 0.15) is 48.3 Å². The molecule has 6 heteroatoms. The highest BCUT2D eigenvalue weighted by molar-refractivity contribution is 6.09. The Balaban J connectivity index is 2.41. The molecule has 1 N–H and O–H groups in total. The first-order chi connectivity index (χ1) is 14.4. The molecule has 0 aliphatic rings. The lowest BCUT2D eigenvalue weighted by Gasteiger charge is -2.17. The van der Waals surface area contributed by atoms with E-state index in [0.717, 1.165) is 52.7 Å². The number of esters is 1. The smallest absolute Gasteiger partial charge is 0.340 e. The summed E-state index contributed by atoms with van der Waals surface area (Å²) >= 11 is 0. The van der Waals surface area contributed by atoms with E-state index in [2.05, 4.69) is 16.5 Å². The third kappa shape index (κ3) is 4.05. The molecule has 0 radical (unpaired) electrons. The lowest BCUT2D eigenvalue weighted by atomic mass is 9.96. The number of carbonyl (C=O) groups excluding carboxylic acids is 1. The highest BCUT2D eigenvalue weighted by Gasteiger charge is 2.27. The van der Waals surface area contributed by atoms with E-state index in [-0.39, 0.29) is 11.7 Å². The van der Waals surface area contributed by atoms with Gasteiger partial charge in [0, 0.05) is 47.7 Å². The Morgan fingerprint density at radius 1 is 1.23 bits per heavy atom. The lowest BCUT2D eigenvalue weighted by molar-refractivity contribution is 0.0527. The zero-order valence-electron chi connectivity index (χ0n) is 18.5. The summed E-state index contributed by atoms with van der Waals surface area (Å²) in [7, 11) is 3.91. The predicted octanol–water partition coefficient (Wildman–Crippen LogP) is 4.76. The Morgan fingerprint density at radius 3 is 2.53 bits per heavy atom. The number of phenolic OH excluding ortho intramolecular Hbond substituents is 1. The normalized spacial score (nSPS) is 11.4. The van der Waals surface area contributed by atoms with Gasteiger partial charge in [-0.15, -0.1) is 0 Å². The highest BCUT2D eigenvalue weighted by Crippen LogP contribution is 2.41. The van der Waals surface area contributed by atoms with Gasteiger partial charge in [0.05, 0.1) is 17.7 Å². The van der Waals surface area contributed by atoms with Crippen LogP contribution in [0.5, 0.6) is 5.75 Å². The van der Waals surface area contributed by atoms with Gasteiger partial charge in [0.1, 0.15) is 5.75 Å². The zero-order valence-corrected chi connectivity index (χ0v) is 18.5. The van der Waals surface area contributed by atoms with Gasteiger partial charge in [-0.25, -0.2) is 4.79 Å². The average molecular weight is 410 g/mol. The van der Waals surface area contributed by atoms with Crippen LogP contribution in [-0.4, -0.2) is 46.2 Å². The zero-order chi connectivity index (χ0) is 21.8. The van der Waals surface area contributed by atoms with Gasteiger partial charge >= 0.3 is 5.97 Å². The van der Waals surface area contributed by atoms with Crippen LogP contribution in [0.2, 0.25) is 0 Å². The summed E-state index contributed by atoms with van der Waals surface area (Å²) in [6.07, 6.45) is 5.49. The van der Waals surface area contributed by atoms with Gasteiger partial charge in [0.2, 0.25) is 0 Å². The minimum atomic E-state index is -0.341. The first-order valence-electron chi connectivity index (χ1n) is 10.5. The molecule has 0 saturated heterocycles. The van der Waals surface area contributed by atoms with Crippen LogP contribution in [0.4, 0.5) is 0 Å². The Labute approximate surface area is 178 Å². The second kappa shape index (κ2) is 9.30. The number of phenols is 1. The summed E-state index contributed by atoms with van der Waals surface area (Å²) in [6.45, 7) is 7.54. The topological polar surface area (TPSA) is 67.6 Å². The molecule has 0 atom stereocenters. The molecule has 160 valence electrons. The monoisotopic (exact) mass is 409 g/mol.